The van der Waals surface area contributed by atoms with E-state index in [1.165, 1.54) is 19.3 Å². The van der Waals surface area contributed by atoms with Crippen LogP contribution in [0.3, 0.4) is 0 Å². The van der Waals surface area contributed by atoms with Crippen molar-refractivity contribution < 1.29 is 4.79 Å². The average molecular weight is 338 g/mol. The Morgan fingerprint density at radius 2 is 1.91 bits per heavy atom. The molecule has 1 aromatic heterocycles. The van der Waals surface area contributed by atoms with E-state index in [1.54, 1.807) is 11.3 Å². The summed E-state index contributed by atoms with van der Waals surface area (Å²) >= 11 is 8.36. The van der Waals surface area contributed by atoms with Crippen LogP contribution in [0.15, 0.2) is 0 Å². The SMILES string of the molecule is O=C(Nc1nnc(C2CC2)s1)C12C[C@@H]3C[C@@H](CC(Cl)(C3)C1)C2. The van der Waals surface area contributed by atoms with Crippen LogP contribution in [-0.4, -0.2) is 21.0 Å². The molecule has 0 aliphatic heterocycles. The van der Waals surface area contributed by atoms with Gasteiger partial charge in [0.15, 0.2) is 0 Å². The van der Waals surface area contributed by atoms with Crippen molar-refractivity contribution in [1.29, 1.82) is 0 Å². The Morgan fingerprint density at radius 3 is 2.55 bits per heavy atom. The zero-order valence-corrected chi connectivity index (χ0v) is 14.1. The highest BCUT2D eigenvalue weighted by Gasteiger charge is 2.60. The first kappa shape index (κ1) is 13.7. The van der Waals surface area contributed by atoms with Gasteiger partial charge in [-0.2, -0.15) is 0 Å². The van der Waals surface area contributed by atoms with Crippen molar-refractivity contribution >= 4 is 34.0 Å². The smallest absolute Gasteiger partial charge is 0.232 e. The molecule has 4 atom stereocenters. The van der Waals surface area contributed by atoms with Crippen molar-refractivity contribution in [2.24, 2.45) is 17.3 Å². The molecule has 6 rings (SSSR count). The van der Waals surface area contributed by atoms with E-state index in [4.69, 9.17) is 11.6 Å². The molecule has 1 aromatic rings. The third-order valence-electron chi connectivity index (χ3n) is 6.06. The minimum absolute atomic E-state index is 0.123. The van der Waals surface area contributed by atoms with Crippen molar-refractivity contribution in [3.8, 4) is 0 Å². The average Bonchev–Trinajstić information content (AvgIpc) is 3.17. The first-order valence-corrected chi connectivity index (χ1v) is 9.57. The minimum Gasteiger partial charge on any atom is -0.300 e. The molecule has 6 heteroatoms. The number of halogens is 1. The van der Waals surface area contributed by atoms with Crippen LogP contribution in [0.2, 0.25) is 0 Å². The fourth-order valence-corrected chi connectivity index (χ4v) is 7.03. The highest BCUT2D eigenvalue weighted by molar-refractivity contribution is 7.15. The fraction of sp³-hybridized carbons (Fsp3) is 0.812. The zero-order chi connectivity index (χ0) is 14.9. The van der Waals surface area contributed by atoms with E-state index in [0.29, 0.717) is 22.9 Å². The molecule has 5 aliphatic rings. The van der Waals surface area contributed by atoms with E-state index in [2.05, 4.69) is 15.5 Å². The molecule has 0 radical (unpaired) electrons. The Labute approximate surface area is 139 Å². The summed E-state index contributed by atoms with van der Waals surface area (Å²) in [5.74, 6) is 2.01. The monoisotopic (exact) mass is 337 g/mol. The van der Waals surface area contributed by atoms with E-state index in [1.807, 2.05) is 0 Å². The normalized spacial score (nSPS) is 42.6. The van der Waals surface area contributed by atoms with Crippen molar-refractivity contribution in [3.05, 3.63) is 5.01 Å². The lowest BCUT2D eigenvalue weighted by Crippen LogP contribution is -2.57. The van der Waals surface area contributed by atoms with Crippen LogP contribution in [0.4, 0.5) is 5.13 Å². The second-order valence-electron chi connectivity index (χ2n) is 8.07. The van der Waals surface area contributed by atoms with Crippen LogP contribution in [0, 0.1) is 17.3 Å². The summed E-state index contributed by atoms with van der Waals surface area (Å²) < 4.78 is 0. The number of hydrogen-bond donors (Lipinski definition) is 1. The quantitative estimate of drug-likeness (QED) is 0.850. The second-order valence-corrected chi connectivity index (χ2v) is 9.88. The van der Waals surface area contributed by atoms with E-state index in [0.717, 1.165) is 37.1 Å². The Kier molecular flexibility index (Phi) is 2.77. The van der Waals surface area contributed by atoms with Crippen molar-refractivity contribution in [2.75, 3.05) is 5.32 Å². The number of amides is 1. The maximum atomic E-state index is 13.0. The van der Waals surface area contributed by atoms with E-state index < -0.39 is 0 Å². The molecular weight excluding hydrogens is 318 g/mol. The van der Waals surface area contributed by atoms with Gasteiger partial charge in [-0.25, -0.2) is 0 Å². The molecule has 5 fully saturated rings. The summed E-state index contributed by atoms with van der Waals surface area (Å²) in [6.45, 7) is 0. The zero-order valence-electron chi connectivity index (χ0n) is 12.5. The highest BCUT2D eigenvalue weighted by Crippen LogP contribution is 2.64. The van der Waals surface area contributed by atoms with Gasteiger partial charge in [-0.05, 0) is 63.2 Å². The molecule has 5 saturated carbocycles. The molecular formula is C16H20ClN3OS. The summed E-state index contributed by atoms with van der Waals surface area (Å²) in [4.78, 5) is 12.8. The summed E-state index contributed by atoms with van der Waals surface area (Å²) in [5, 5.41) is 13.2. The van der Waals surface area contributed by atoms with Crippen LogP contribution in [-0.2, 0) is 4.79 Å². The molecule has 4 bridgehead atoms. The van der Waals surface area contributed by atoms with Crippen molar-refractivity contribution in [2.45, 2.75) is 62.2 Å². The van der Waals surface area contributed by atoms with Crippen molar-refractivity contribution in [1.82, 2.24) is 10.2 Å². The van der Waals surface area contributed by atoms with Gasteiger partial charge in [0.25, 0.3) is 0 Å². The summed E-state index contributed by atoms with van der Waals surface area (Å²) in [6, 6.07) is 0. The fourth-order valence-electron chi connectivity index (χ4n) is 5.43. The van der Waals surface area contributed by atoms with Gasteiger partial charge >= 0.3 is 0 Å². The topological polar surface area (TPSA) is 54.9 Å². The first-order chi connectivity index (χ1) is 10.5. The standard InChI is InChI=1S/C16H20ClN3OS/c17-16-6-9-3-10(7-16)5-15(4-9,8-16)13(21)18-14-20-19-12(22-14)11-1-2-11/h9-11H,1-8H2,(H,18,20,21)/t9-,10+,15?,16?. The van der Waals surface area contributed by atoms with Gasteiger partial charge in [0.2, 0.25) is 11.0 Å². The van der Waals surface area contributed by atoms with Crippen LogP contribution in [0.1, 0.15) is 62.3 Å². The number of rotatable bonds is 3. The Hall–Kier alpha value is -0.680. The minimum atomic E-state index is -0.253. The Bertz CT molecular complexity index is 627. The maximum absolute atomic E-state index is 13.0. The molecule has 0 saturated heterocycles. The molecule has 5 aliphatic carbocycles. The molecule has 4 nitrogen and oxygen atoms in total. The van der Waals surface area contributed by atoms with Gasteiger partial charge in [0.05, 0.1) is 5.41 Å². The van der Waals surface area contributed by atoms with E-state index in [9.17, 15) is 4.79 Å². The predicted octanol–water partition coefficient (Wildman–Crippen LogP) is 3.93. The number of alkyl halides is 1. The van der Waals surface area contributed by atoms with Crippen LogP contribution < -0.4 is 5.32 Å². The van der Waals surface area contributed by atoms with Gasteiger partial charge < -0.3 is 5.32 Å². The van der Waals surface area contributed by atoms with Crippen LogP contribution >= 0.6 is 22.9 Å². The van der Waals surface area contributed by atoms with Crippen molar-refractivity contribution in [3.63, 3.8) is 0 Å². The lowest BCUT2D eigenvalue weighted by atomic mass is 9.49. The number of nitrogens with zero attached hydrogens (tertiary/aromatic N) is 2. The summed E-state index contributed by atoms with van der Waals surface area (Å²) in [7, 11) is 0. The third-order valence-corrected chi connectivity index (χ3v) is 7.50. The number of hydrogen-bond acceptors (Lipinski definition) is 4. The molecule has 1 N–H and O–H groups in total. The first-order valence-electron chi connectivity index (χ1n) is 8.37. The molecule has 1 amide bonds. The molecule has 1 heterocycles. The lowest BCUT2D eigenvalue weighted by Gasteiger charge is -2.59. The van der Waals surface area contributed by atoms with Gasteiger partial charge in [0, 0.05) is 10.8 Å². The number of anilines is 1. The highest BCUT2D eigenvalue weighted by atomic mass is 35.5. The molecule has 0 spiro atoms. The number of carbonyl (C=O) groups excluding carboxylic acids is 1. The molecule has 0 aromatic carbocycles. The van der Waals surface area contributed by atoms with Gasteiger partial charge in [0.1, 0.15) is 5.01 Å². The number of carbonyl (C=O) groups is 1. The third kappa shape index (κ3) is 2.12. The largest absolute Gasteiger partial charge is 0.300 e. The Balaban J connectivity index is 1.37. The molecule has 22 heavy (non-hydrogen) atoms. The second kappa shape index (κ2) is 4.44. The Morgan fingerprint density at radius 1 is 1.18 bits per heavy atom. The van der Waals surface area contributed by atoms with Gasteiger partial charge in [-0.1, -0.05) is 11.3 Å². The summed E-state index contributed by atoms with van der Waals surface area (Å²) in [5.41, 5.74) is -0.253. The summed E-state index contributed by atoms with van der Waals surface area (Å²) in [6.07, 6.45) is 8.77. The number of nitrogens with one attached hydrogen (secondary N) is 1. The number of aromatic nitrogens is 2. The molecule has 2 unspecified atom stereocenters. The predicted molar refractivity (Wildman–Crippen MR) is 86.2 cm³/mol. The molecule has 118 valence electrons. The van der Waals surface area contributed by atoms with Gasteiger partial charge in [-0.3, -0.25) is 4.79 Å². The van der Waals surface area contributed by atoms with Crippen LogP contribution in [0.25, 0.3) is 0 Å². The van der Waals surface area contributed by atoms with Gasteiger partial charge in [-0.15, -0.1) is 21.8 Å². The van der Waals surface area contributed by atoms with E-state index in [-0.39, 0.29) is 16.2 Å². The van der Waals surface area contributed by atoms with E-state index >= 15 is 0 Å². The maximum Gasteiger partial charge on any atom is 0.232 e. The van der Waals surface area contributed by atoms with Crippen LogP contribution in [0.5, 0.6) is 0 Å². The lowest BCUT2D eigenvalue weighted by molar-refractivity contribution is -0.138.